The number of nitrogens with zero attached hydrogens (tertiary/aromatic N) is 2. The molecule has 2 heterocycles. The van der Waals surface area contributed by atoms with Crippen molar-refractivity contribution in [3.05, 3.63) is 29.8 Å². The second-order valence-electron chi connectivity index (χ2n) is 8.01. The van der Waals surface area contributed by atoms with Gasteiger partial charge >= 0.3 is 6.03 Å². The third-order valence-corrected chi connectivity index (χ3v) is 7.02. The SMILES string of the molecule is CNC(=O)C1CCN(C(=O)CN2C(=O)N[C@](C)(c3ccc(S(C)(=O)=O)cc3)C2=O)CC1. The maximum Gasteiger partial charge on any atom is 0.325 e. The number of carbonyl (C=O) groups is 4. The lowest BCUT2D eigenvalue weighted by Gasteiger charge is -2.32. The predicted octanol–water partition coefficient (Wildman–Crippen LogP) is -0.158. The number of rotatable bonds is 5. The van der Waals surface area contributed by atoms with Gasteiger partial charge in [-0.1, -0.05) is 12.1 Å². The number of carbonyl (C=O) groups excluding carboxylic acids is 4. The minimum Gasteiger partial charge on any atom is -0.359 e. The Labute approximate surface area is 180 Å². The third kappa shape index (κ3) is 4.41. The Morgan fingerprint density at radius 1 is 1.16 bits per heavy atom. The number of nitrogens with one attached hydrogen (secondary N) is 2. The zero-order valence-electron chi connectivity index (χ0n) is 17.7. The van der Waals surface area contributed by atoms with Gasteiger partial charge in [-0.3, -0.25) is 19.3 Å². The third-order valence-electron chi connectivity index (χ3n) is 5.89. The minimum absolute atomic E-state index is 0.0566. The number of hydrogen-bond donors (Lipinski definition) is 2. The molecular weight excluding hydrogens is 424 g/mol. The van der Waals surface area contributed by atoms with Gasteiger partial charge in [0, 0.05) is 32.3 Å². The van der Waals surface area contributed by atoms with Crippen LogP contribution in [0.3, 0.4) is 0 Å². The number of piperidine rings is 1. The van der Waals surface area contributed by atoms with Crippen molar-refractivity contribution in [1.29, 1.82) is 0 Å². The fraction of sp³-hybridized carbons (Fsp3) is 0.500. The summed E-state index contributed by atoms with van der Waals surface area (Å²) >= 11 is 0. The zero-order valence-corrected chi connectivity index (χ0v) is 18.5. The number of amides is 5. The van der Waals surface area contributed by atoms with E-state index in [-0.39, 0.29) is 22.6 Å². The van der Waals surface area contributed by atoms with E-state index < -0.39 is 33.9 Å². The standard InChI is InChI=1S/C20H26N4O6S/c1-20(14-4-6-15(7-5-14)31(3,29)30)18(27)24(19(28)22-20)12-16(25)23-10-8-13(9-11-23)17(26)21-2/h4-7,13H,8-12H2,1-3H3,(H,21,26)(H,22,28)/t20-/m1/s1. The van der Waals surface area contributed by atoms with E-state index >= 15 is 0 Å². The van der Waals surface area contributed by atoms with Crippen LogP contribution in [0.25, 0.3) is 0 Å². The summed E-state index contributed by atoms with van der Waals surface area (Å²) in [5.41, 5.74) is -0.987. The van der Waals surface area contributed by atoms with Crippen LogP contribution in [0.15, 0.2) is 29.2 Å². The topological polar surface area (TPSA) is 133 Å². The van der Waals surface area contributed by atoms with Crippen LogP contribution >= 0.6 is 0 Å². The quantitative estimate of drug-likeness (QED) is 0.599. The lowest BCUT2D eigenvalue weighted by molar-refractivity contribution is -0.140. The van der Waals surface area contributed by atoms with Gasteiger partial charge in [-0.25, -0.2) is 13.2 Å². The summed E-state index contributed by atoms with van der Waals surface area (Å²) in [6, 6.07) is 5.01. The van der Waals surface area contributed by atoms with Crippen LogP contribution < -0.4 is 10.6 Å². The van der Waals surface area contributed by atoms with Gasteiger partial charge < -0.3 is 15.5 Å². The fourth-order valence-corrected chi connectivity index (χ4v) is 4.53. The molecule has 0 radical (unpaired) electrons. The molecule has 0 aliphatic carbocycles. The minimum atomic E-state index is -3.40. The molecule has 10 nitrogen and oxygen atoms in total. The van der Waals surface area contributed by atoms with E-state index in [2.05, 4.69) is 10.6 Å². The van der Waals surface area contributed by atoms with Gasteiger partial charge in [0.2, 0.25) is 11.8 Å². The first kappa shape index (κ1) is 22.7. The highest BCUT2D eigenvalue weighted by Crippen LogP contribution is 2.30. The average Bonchev–Trinajstić information content (AvgIpc) is 2.96. The number of urea groups is 1. The van der Waals surface area contributed by atoms with Crippen molar-refractivity contribution in [3.8, 4) is 0 Å². The van der Waals surface area contributed by atoms with Crippen molar-refractivity contribution < 1.29 is 27.6 Å². The maximum absolute atomic E-state index is 13.0. The predicted molar refractivity (Wildman–Crippen MR) is 111 cm³/mol. The second kappa shape index (κ2) is 8.29. The summed E-state index contributed by atoms with van der Waals surface area (Å²) in [7, 11) is -1.82. The van der Waals surface area contributed by atoms with Crippen molar-refractivity contribution in [2.45, 2.75) is 30.2 Å². The summed E-state index contributed by atoms with van der Waals surface area (Å²) in [4.78, 5) is 52.4. The molecule has 5 amide bonds. The lowest BCUT2D eigenvalue weighted by atomic mass is 9.92. The van der Waals surface area contributed by atoms with E-state index in [0.717, 1.165) is 11.2 Å². The number of benzene rings is 1. The van der Waals surface area contributed by atoms with Gasteiger partial charge in [-0.2, -0.15) is 0 Å². The Bertz CT molecular complexity index is 1010. The van der Waals surface area contributed by atoms with Crippen LogP contribution in [0.1, 0.15) is 25.3 Å². The molecule has 0 aromatic heterocycles. The molecule has 2 aliphatic heterocycles. The van der Waals surface area contributed by atoms with E-state index in [1.165, 1.54) is 31.2 Å². The molecule has 0 unspecified atom stereocenters. The highest BCUT2D eigenvalue weighted by molar-refractivity contribution is 7.90. The molecule has 31 heavy (non-hydrogen) atoms. The van der Waals surface area contributed by atoms with Crippen LogP contribution in [0.5, 0.6) is 0 Å². The molecular formula is C20H26N4O6S. The number of likely N-dealkylation sites (tertiary alicyclic amines) is 1. The first-order valence-electron chi connectivity index (χ1n) is 9.91. The molecule has 2 N–H and O–H groups in total. The first-order valence-corrected chi connectivity index (χ1v) is 11.8. The highest BCUT2D eigenvalue weighted by Gasteiger charge is 2.49. The van der Waals surface area contributed by atoms with Gasteiger partial charge in [-0.05, 0) is 37.5 Å². The van der Waals surface area contributed by atoms with Crippen LogP contribution in [-0.4, -0.2) is 74.9 Å². The molecule has 2 fully saturated rings. The molecule has 2 aliphatic rings. The van der Waals surface area contributed by atoms with Crippen LogP contribution in [0.4, 0.5) is 4.79 Å². The highest BCUT2D eigenvalue weighted by atomic mass is 32.2. The van der Waals surface area contributed by atoms with Crippen molar-refractivity contribution in [1.82, 2.24) is 20.4 Å². The molecule has 2 saturated heterocycles. The molecule has 0 bridgehead atoms. The Balaban J connectivity index is 1.69. The molecule has 1 aromatic rings. The lowest BCUT2D eigenvalue weighted by Crippen LogP contribution is -2.48. The molecule has 3 rings (SSSR count). The van der Waals surface area contributed by atoms with Crippen molar-refractivity contribution in [2.24, 2.45) is 5.92 Å². The summed E-state index contributed by atoms with van der Waals surface area (Å²) < 4.78 is 23.3. The van der Waals surface area contributed by atoms with Gasteiger partial charge in [0.15, 0.2) is 9.84 Å². The van der Waals surface area contributed by atoms with E-state index in [1.54, 1.807) is 11.9 Å². The summed E-state index contributed by atoms with van der Waals surface area (Å²) in [6.45, 7) is 1.88. The summed E-state index contributed by atoms with van der Waals surface area (Å²) in [6.07, 6.45) is 2.13. The Morgan fingerprint density at radius 3 is 2.26 bits per heavy atom. The van der Waals surface area contributed by atoms with E-state index in [9.17, 15) is 27.6 Å². The molecule has 1 atom stereocenters. The molecule has 0 saturated carbocycles. The fourth-order valence-electron chi connectivity index (χ4n) is 3.90. The van der Waals surface area contributed by atoms with Gasteiger partial charge in [0.1, 0.15) is 12.1 Å². The maximum atomic E-state index is 13.0. The normalized spacial score (nSPS) is 22.4. The van der Waals surface area contributed by atoms with E-state index in [1.807, 2.05) is 0 Å². The van der Waals surface area contributed by atoms with Gasteiger partial charge in [-0.15, -0.1) is 0 Å². The van der Waals surface area contributed by atoms with Crippen LogP contribution in [0, 0.1) is 5.92 Å². The summed E-state index contributed by atoms with van der Waals surface area (Å²) in [5.74, 6) is -1.16. The van der Waals surface area contributed by atoms with Crippen LogP contribution in [-0.2, 0) is 29.8 Å². The van der Waals surface area contributed by atoms with Crippen molar-refractivity contribution in [3.63, 3.8) is 0 Å². The van der Waals surface area contributed by atoms with Gasteiger partial charge in [0.05, 0.1) is 4.90 Å². The Kier molecular flexibility index (Phi) is 6.08. The van der Waals surface area contributed by atoms with Crippen LogP contribution in [0.2, 0.25) is 0 Å². The molecule has 168 valence electrons. The van der Waals surface area contributed by atoms with Gasteiger partial charge in [0.25, 0.3) is 5.91 Å². The monoisotopic (exact) mass is 450 g/mol. The Hall–Kier alpha value is -2.95. The average molecular weight is 451 g/mol. The first-order chi connectivity index (χ1) is 14.5. The molecule has 0 spiro atoms. The number of hydrogen-bond acceptors (Lipinski definition) is 6. The van der Waals surface area contributed by atoms with E-state index in [4.69, 9.17) is 0 Å². The summed E-state index contributed by atoms with van der Waals surface area (Å²) in [5, 5.41) is 5.21. The smallest absolute Gasteiger partial charge is 0.325 e. The second-order valence-corrected chi connectivity index (χ2v) is 10.0. The zero-order chi connectivity index (χ0) is 23.0. The largest absolute Gasteiger partial charge is 0.359 e. The molecule has 11 heteroatoms. The number of sulfone groups is 1. The van der Waals surface area contributed by atoms with Crippen molar-refractivity contribution >= 4 is 33.6 Å². The van der Waals surface area contributed by atoms with Crippen molar-refractivity contribution in [2.75, 3.05) is 32.9 Å². The molecule has 1 aromatic carbocycles. The number of imide groups is 1. The van der Waals surface area contributed by atoms with E-state index in [0.29, 0.717) is 31.5 Å². The Morgan fingerprint density at radius 2 is 1.74 bits per heavy atom.